The summed E-state index contributed by atoms with van der Waals surface area (Å²) in [6.45, 7) is 0. The summed E-state index contributed by atoms with van der Waals surface area (Å²) >= 11 is 1.04. The van der Waals surface area contributed by atoms with Gasteiger partial charge in [0.15, 0.2) is 0 Å². The molecule has 0 radical (unpaired) electrons. The molecule has 0 aromatic heterocycles. The number of hydrogen-bond donors (Lipinski definition) is 2. The number of carbonyl (C=O) groups is 5. The normalized spacial score (nSPS) is 19.0. The Kier molecular flexibility index (Phi) is 5.78. The number of nitrogens with one attached hydrogen (secondary N) is 1. The lowest BCUT2D eigenvalue weighted by Crippen LogP contribution is -2.54. The highest BCUT2D eigenvalue weighted by atomic mass is 32.2. The minimum absolute atomic E-state index is 0.00333. The second-order valence-electron chi connectivity index (χ2n) is 6.45. The molecular weight excluding hydrogens is 391 g/mol. The number of thioether (sulfide) groups is 1. The minimum atomic E-state index is -1.11. The number of hydrogen-bond acceptors (Lipinski definition) is 6. The maximum absolute atomic E-state index is 14.4. The number of aliphatic carboxylic acids is 1. The summed E-state index contributed by atoms with van der Waals surface area (Å²) in [7, 11) is 0. The van der Waals surface area contributed by atoms with E-state index < -0.39 is 41.5 Å². The van der Waals surface area contributed by atoms with E-state index in [9.17, 15) is 28.4 Å². The van der Waals surface area contributed by atoms with Gasteiger partial charge in [0.1, 0.15) is 11.9 Å². The first-order chi connectivity index (χ1) is 13.3. The standard InChI is InChI=1S/C18H17FN2O6S/c19-10-5-4-9-14(15(10)28-8-2-1-3-13(23)24)18(27)21(17(9)26)11-6-7-12(22)20-16(11)25/h4-5,11H,1-3,6-8H2,(H,23,24)(H,20,22,25). The molecule has 2 N–H and O–H groups in total. The fourth-order valence-electron chi connectivity index (χ4n) is 3.20. The molecule has 4 amide bonds. The van der Waals surface area contributed by atoms with Gasteiger partial charge in [-0.05, 0) is 37.1 Å². The van der Waals surface area contributed by atoms with Crippen LogP contribution in [0.3, 0.4) is 0 Å². The topological polar surface area (TPSA) is 121 Å². The number of fused-ring (bicyclic) bond motifs is 1. The van der Waals surface area contributed by atoms with Crippen molar-refractivity contribution in [3.8, 4) is 0 Å². The predicted molar refractivity (Wildman–Crippen MR) is 95.3 cm³/mol. The number of unbranched alkanes of at least 4 members (excludes halogenated alkanes) is 1. The SMILES string of the molecule is O=C(O)CCCCSc1c(F)ccc2c1C(=O)N(C1CCC(=O)NC1=O)C2=O. The Bertz CT molecular complexity index is 887. The summed E-state index contributed by atoms with van der Waals surface area (Å²) in [5.41, 5.74) is -0.0675. The molecule has 10 heteroatoms. The van der Waals surface area contributed by atoms with Crippen LogP contribution in [0.25, 0.3) is 0 Å². The average Bonchev–Trinajstić information content (AvgIpc) is 2.87. The summed E-state index contributed by atoms with van der Waals surface area (Å²) in [6, 6.07) is 1.20. The number of nitrogens with zero attached hydrogens (tertiary/aromatic N) is 1. The number of carbonyl (C=O) groups excluding carboxylic acids is 4. The van der Waals surface area contributed by atoms with Crippen LogP contribution in [0.1, 0.15) is 52.8 Å². The van der Waals surface area contributed by atoms with Gasteiger partial charge < -0.3 is 5.11 Å². The smallest absolute Gasteiger partial charge is 0.303 e. The van der Waals surface area contributed by atoms with Crippen LogP contribution in [0.15, 0.2) is 17.0 Å². The highest BCUT2D eigenvalue weighted by molar-refractivity contribution is 7.99. The van der Waals surface area contributed by atoms with Crippen molar-refractivity contribution in [2.75, 3.05) is 5.75 Å². The molecule has 1 unspecified atom stereocenters. The number of amides is 4. The lowest BCUT2D eigenvalue weighted by Gasteiger charge is -2.27. The molecule has 2 aliphatic rings. The highest BCUT2D eigenvalue weighted by Gasteiger charge is 2.46. The van der Waals surface area contributed by atoms with Gasteiger partial charge in [-0.3, -0.25) is 34.2 Å². The molecule has 0 aliphatic carbocycles. The monoisotopic (exact) mass is 408 g/mol. The van der Waals surface area contributed by atoms with E-state index in [1.165, 1.54) is 6.07 Å². The Labute approximate surface area is 163 Å². The Balaban J connectivity index is 1.81. The first-order valence-corrected chi connectivity index (χ1v) is 9.68. The van der Waals surface area contributed by atoms with Gasteiger partial charge in [0, 0.05) is 12.8 Å². The van der Waals surface area contributed by atoms with Crippen molar-refractivity contribution in [1.82, 2.24) is 10.2 Å². The van der Waals surface area contributed by atoms with Crippen molar-refractivity contribution in [2.24, 2.45) is 0 Å². The lowest BCUT2D eigenvalue weighted by atomic mass is 10.0. The van der Waals surface area contributed by atoms with Crippen molar-refractivity contribution in [1.29, 1.82) is 0 Å². The summed E-state index contributed by atoms with van der Waals surface area (Å²) in [5.74, 6) is -3.86. The highest BCUT2D eigenvalue weighted by Crippen LogP contribution is 2.36. The molecule has 1 atom stereocenters. The van der Waals surface area contributed by atoms with E-state index >= 15 is 0 Å². The zero-order chi connectivity index (χ0) is 20.4. The van der Waals surface area contributed by atoms with Crippen LogP contribution < -0.4 is 5.32 Å². The molecule has 8 nitrogen and oxygen atoms in total. The van der Waals surface area contributed by atoms with E-state index in [4.69, 9.17) is 5.11 Å². The Morgan fingerprint density at radius 1 is 1.21 bits per heavy atom. The van der Waals surface area contributed by atoms with Gasteiger partial charge in [0.2, 0.25) is 11.8 Å². The van der Waals surface area contributed by atoms with E-state index in [1.807, 2.05) is 0 Å². The maximum Gasteiger partial charge on any atom is 0.303 e. The zero-order valence-electron chi connectivity index (χ0n) is 14.7. The summed E-state index contributed by atoms with van der Waals surface area (Å²) < 4.78 is 14.4. The Morgan fingerprint density at radius 2 is 1.96 bits per heavy atom. The maximum atomic E-state index is 14.4. The van der Waals surface area contributed by atoms with Crippen molar-refractivity contribution in [2.45, 2.75) is 43.0 Å². The molecule has 1 fully saturated rings. The first kappa shape index (κ1) is 20.0. The third-order valence-corrected chi connectivity index (χ3v) is 5.73. The van der Waals surface area contributed by atoms with Crippen LogP contribution in [0.2, 0.25) is 0 Å². The number of piperidine rings is 1. The second kappa shape index (κ2) is 8.09. The molecule has 148 valence electrons. The molecule has 1 saturated heterocycles. The van der Waals surface area contributed by atoms with Crippen LogP contribution in [0, 0.1) is 5.82 Å². The average molecular weight is 408 g/mol. The number of benzene rings is 1. The molecule has 1 aromatic carbocycles. The third kappa shape index (κ3) is 3.77. The van der Waals surface area contributed by atoms with Crippen molar-refractivity contribution >= 4 is 41.4 Å². The molecule has 0 spiro atoms. The van der Waals surface area contributed by atoms with Crippen LogP contribution in [0.4, 0.5) is 4.39 Å². The third-order valence-electron chi connectivity index (χ3n) is 4.54. The molecule has 3 rings (SSSR count). The number of carboxylic acids is 1. The van der Waals surface area contributed by atoms with Gasteiger partial charge in [-0.15, -0.1) is 11.8 Å². The van der Waals surface area contributed by atoms with E-state index in [0.29, 0.717) is 18.6 Å². The lowest BCUT2D eigenvalue weighted by molar-refractivity contribution is -0.138. The predicted octanol–water partition coefficient (Wildman–Crippen LogP) is 1.57. The van der Waals surface area contributed by atoms with E-state index in [-0.39, 0.29) is 35.3 Å². The molecule has 28 heavy (non-hydrogen) atoms. The molecular formula is C18H17FN2O6S. The van der Waals surface area contributed by atoms with Crippen LogP contribution >= 0.6 is 11.8 Å². The van der Waals surface area contributed by atoms with E-state index in [1.54, 1.807) is 0 Å². The van der Waals surface area contributed by atoms with Crippen molar-refractivity contribution in [3.63, 3.8) is 0 Å². The molecule has 0 saturated carbocycles. The van der Waals surface area contributed by atoms with Gasteiger partial charge in [-0.1, -0.05) is 0 Å². The molecule has 2 aliphatic heterocycles. The Hall–Kier alpha value is -2.75. The zero-order valence-corrected chi connectivity index (χ0v) is 15.5. The molecule has 2 heterocycles. The van der Waals surface area contributed by atoms with Gasteiger partial charge >= 0.3 is 5.97 Å². The van der Waals surface area contributed by atoms with Crippen LogP contribution in [0.5, 0.6) is 0 Å². The number of rotatable bonds is 7. The molecule has 1 aromatic rings. The van der Waals surface area contributed by atoms with Gasteiger partial charge in [0.05, 0.1) is 16.0 Å². The molecule has 0 bridgehead atoms. The Morgan fingerprint density at radius 3 is 2.64 bits per heavy atom. The fourth-order valence-corrected chi connectivity index (χ4v) is 4.30. The van der Waals surface area contributed by atoms with Gasteiger partial charge in [0.25, 0.3) is 11.8 Å². The van der Waals surface area contributed by atoms with Crippen molar-refractivity contribution in [3.05, 3.63) is 29.1 Å². The summed E-state index contributed by atoms with van der Waals surface area (Å²) in [4.78, 5) is 60.3. The fraction of sp³-hybridized carbons (Fsp3) is 0.389. The van der Waals surface area contributed by atoms with Gasteiger partial charge in [-0.25, -0.2) is 4.39 Å². The van der Waals surface area contributed by atoms with E-state index in [2.05, 4.69) is 5.32 Å². The first-order valence-electron chi connectivity index (χ1n) is 8.70. The summed E-state index contributed by atoms with van der Waals surface area (Å²) in [6.07, 6.45) is 0.934. The van der Waals surface area contributed by atoms with Crippen molar-refractivity contribution < 1.29 is 33.5 Å². The van der Waals surface area contributed by atoms with Gasteiger partial charge in [-0.2, -0.15) is 0 Å². The quantitative estimate of drug-likeness (QED) is 0.399. The number of carboxylic acid groups (broad SMARTS) is 1. The summed E-state index contributed by atoms with van der Waals surface area (Å²) in [5, 5.41) is 10.8. The number of imide groups is 2. The largest absolute Gasteiger partial charge is 0.481 e. The number of halogens is 1. The van der Waals surface area contributed by atoms with Crippen LogP contribution in [-0.2, 0) is 14.4 Å². The minimum Gasteiger partial charge on any atom is -0.481 e. The second-order valence-corrected chi connectivity index (χ2v) is 7.55. The van der Waals surface area contributed by atoms with E-state index in [0.717, 1.165) is 22.7 Å². The van der Waals surface area contributed by atoms with Crippen LogP contribution in [-0.4, -0.2) is 51.4 Å².